The Balaban J connectivity index is 1.33. The number of carbonyl (C=O) groups is 2. The van der Waals surface area contributed by atoms with Gasteiger partial charge in [0, 0.05) is 44.7 Å². The molecule has 0 radical (unpaired) electrons. The SMILES string of the molecule is COCC1(C(=O)O)CCN(CC(=O)N2CC=C(c3ccc(-c4ncccn4)cc3)CC2)C1. The van der Waals surface area contributed by atoms with Crippen LogP contribution in [0.15, 0.2) is 48.8 Å². The predicted octanol–water partition coefficient (Wildman–Crippen LogP) is 2.18. The molecule has 1 fully saturated rings. The summed E-state index contributed by atoms with van der Waals surface area (Å²) >= 11 is 0. The van der Waals surface area contributed by atoms with Crippen molar-refractivity contribution in [3.8, 4) is 11.4 Å². The van der Waals surface area contributed by atoms with Gasteiger partial charge in [0.1, 0.15) is 5.41 Å². The molecule has 1 N–H and O–H groups in total. The molecule has 8 heteroatoms. The van der Waals surface area contributed by atoms with Gasteiger partial charge in [0.15, 0.2) is 5.82 Å². The minimum absolute atomic E-state index is 0.0375. The van der Waals surface area contributed by atoms with Crippen molar-refractivity contribution in [3.05, 3.63) is 54.4 Å². The molecule has 0 aliphatic carbocycles. The summed E-state index contributed by atoms with van der Waals surface area (Å²) in [6.45, 7) is 2.56. The van der Waals surface area contributed by atoms with Crippen LogP contribution in [0.2, 0.25) is 0 Å². The number of carboxylic acid groups (broad SMARTS) is 1. The molecular formula is C24H28N4O4. The van der Waals surface area contributed by atoms with Gasteiger partial charge in [0.25, 0.3) is 0 Å². The molecule has 3 heterocycles. The highest BCUT2D eigenvalue weighted by atomic mass is 16.5. The second-order valence-electron chi connectivity index (χ2n) is 8.45. The first-order valence-electron chi connectivity index (χ1n) is 10.8. The number of carbonyl (C=O) groups excluding carboxylic acids is 1. The van der Waals surface area contributed by atoms with Crippen molar-refractivity contribution in [1.82, 2.24) is 19.8 Å². The second kappa shape index (κ2) is 9.58. The zero-order valence-electron chi connectivity index (χ0n) is 18.2. The van der Waals surface area contributed by atoms with Gasteiger partial charge in [0.2, 0.25) is 5.91 Å². The lowest BCUT2D eigenvalue weighted by atomic mass is 9.88. The summed E-state index contributed by atoms with van der Waals surface area (Å²) < 4.78 is 5.13. The van der Waals surface area contributed by atoms with E-state index in [2.05, 4.69) is 28.2 Å². The van der Waals surface area contributed by atoms with Crippen molar-refractivity contribution in [1.29, 1.82) is 0 Å². The van der Waals surface area contributed by atoms with E-state index in [1.807, 2.05) is 21.9 Å². The van der Waals surface area contributed by atoms with Gasteiger partial charge in [-0.3, -0.25) is 14.5 Å². The van der Waals surface area contributed by atoms with Crippen molar-refractivity contribution in [3.63, 3.8) is 0 Å². The van der Waals surface area contributed by atoms with Crippen LogP contribution in [-0.4, -0.2) is 83.2 Å². The van der Waals surface area contributed by atoms with Gasteiger partial charge in [-0.05, 0) is 36.6 Å². The van der Waals surface area contributed by atoms with Crippen LogP contribution in [0, 0.1) is 5.41 Å². The van der Waals surface area contributed by atoms with Crippen LogP contribution in [-0.2, 0) is 14.3 Å². The molecule has 0 bridgehead atoms. The number of likely N-dealkylation sites (tertiary alicyclic amines) is 1. The third-order valence-electron chi connectivity index (χ3n) is 6.31. The predicted molar refractivity (Wildman–Crippen MR) is 120 cm³/mol. The molecule has 0 saturated carbocycles. The summed E-state index contributed by atoms with van der Waals surface area (Å²) in [5.41, 5.74) is 2.42. The van der Waals surface area contributed by atoms with E-state index in [0.717, 1.165) is 17.5 Å². The molecule has 168 valence electrons. The molecule has 0 spiro atoms. The molecule has 2 aliphatic rings. The fourth-order valence-corrected chi connectivity index (χ4v) is 4.45. The number of nitrogens with zero attached hydrogens (tertiary/aromatic N) is 4. The van der Waals surface area contributed by atoms with Crippen LogP contribution in [0.5, 0.6) is 0 Å². The fraction of sp³-hybridized carbons (Fsp3) is 0.417. The van der Waals surface area contributed by atoms with Crippen LogP contribution < -0.4 is 0 Å². The van der Waals surface area contributed by atoms with Crippen LogP contribution in [0.25, 0.3) is 17.0 Å². The number of benzene rings is 1. The highest BCUT2D eigenvalue weighted by Gasteiger charge is 2.45. The smallest absolute Gasteiger partial charge is 0.313 e. The standard InChI is InChI=1S/C24H28N4O4/c1-32-17-24(23(30)31)9-14-27(16-24)15-21(29)28-12-7-19(8-13-28)18-3-5-20(6-4-18)22-25-10-2-11-26-22/h2-7,10-11H,8-9,12-17H2,1H3,(H,30,31). The van der Waals surface area contributed by atoms with Crippen molar-refractivity contribution in [2.24, 2.45) is 5.41 Å². The zero-order chi connectivity index (χ0) is 22.6. The van der Waals surface area contributed by atoms with Crippen molar-refractivity contribution >= 4 is 17.4 Å². The van der Waals surface area contributed by atoms with Gasteiger partial charge in [0.05, 0.1) is 13.2 Å². The Labute approximate surface area is 187 Å². The number of aliphatic carboxylic acids is 1. The largest absolute Gasteiger partial charge is 0.481 e. The van der Waals surface area contributed by atoms with Gasteiger partial charge in [-0.2, -0.15) is 0 Å². The minimum atomic E-state index is -0.916. The molecule has 32 heavy (non-hydrogen) atoms. The number of rotatable bonds is 7. The van der Waals surface area contributed by atoms with Crippen LogP contribution in [0.3, 0.4) is 0 Å². The Morgan fingerprint density at radius 2 is 1.84 bits per heavy atom. The van der Waals surface area contributed by atoms with Crippen LogP contribution in [0.4, 0.5) is 0 Å². The fourth-order valence-electron chi connectivity index (χ4n) is 4.45. The van der Waals surface area contributed by atoms with Crippen molar-refractivity contribution < 1.29 is 19.4 Å². The number of hydrogen-bond donors (Lipinski definition) is 1. The molecule has 8 nitrogen and oxygen atoms in total. The third-order valence-corrected chi connectivity index (χ3v) is 6.31. The van der Waals surface area contributed by atoms with Gasteiger partial charge >= 0.3 is 5.97 Å². The van der Waals surface area contributed by atoms with Crippen molar-refractivity contribution in [2.75, 3.05) is 46.4 Å². The topological polar surface area (TPSA) is 95.9 Å². The third kappa shape index (κ3) is 4.71. The van der Waals surface area contributed by atoms with E-state index in [1.165, 1.54) is 12.7 Å². The average Bonchev–Trinajstić information content (AvgIpc) is 3.24. The average molecular weight is 437 g/mol. The van der Waals surface area contributed by atoms with E-state index in [-0.39, 0.29) is 19.1 Å². The molecule has 1 amide bonds. The van der Waals surface area contributed by atoms with E-state index in [4.69, 9.17) is 4.74 Å². The van der Waals surface area contributed by atoms with Gasteiger partial charge in [-0.1, -0.05) is 30.3 Å². The molecule has 1 aromatic heterocycles. The summed E-state index contributed by atoms with van der Waals surface area (Å²) in [5, 5.41) is 9.60. The lowest BCUT2D eigenvalue weighted by Gasteiger charge is -2.29. The minimum Gasteiger partial charge on any atom is -0.481 e. The van der Waals surface area contributed by atoms with E-state index < -0.39 is 11.4 Å². The van der Waals surface area contributed by atoms with Gasteiger partial charge < -0.3 is 14.7 Å². The number of methoxy groups -OCH3 is 1. The molecule has 2 aromatic rings. The Hall–Kier alpha value is -3.10. The first kappa shape index (κ1) is 22.1. The molecule has 1 aromatic carbocycles. The quantitative estimate of drug-likeness (QED) is 0.711. The van der Waals surface area contributed by atoms with Gasteiger partial charge in [-0.15, -0.1) is 0 Å². The maximum atomic E-state index is 12.8. The molecule has 1 saturated heterocycles. The number of hydrogen-bond acceptors (Lipinski definition) is 6. The maximum absolute atomic E-state index is 12.8. The Morgan fingerprint density at radius 3 is 2.47 bits per heavy atom. The highest BCUT2D eigenvalue weighted by molar-refractivity contribution is 5.81. The van der Waals surface area contributed by atoms with Crippen LogP contribution in [0.1, 0.15) is 18.4 Å². The summed E-state index contributed by atoms with van der Waals surface area (Å²) in [6.07, 6.45) is 6.85. The highest BCUT2D eigenvalue weighted by Crippen LogP contribution is 2.31. The summed E-state index contributed by atoms with van der Waals surface area (Å²) in [7, 11) is 1.51. The monoisotopic (exact) mass is 436 g/mol. The van der Waals surface area contributed by atoms with E-state index in [9.17, 15) is 14.7 Å². The summed E-state index contributed by atoms with van der Waals surface area (Å²) in [5.74, 6) is -0.118. The Morgan fingerprint density at radius 1 is 1.12 bits per heavy atom. The Bertz CT molecular complexity index is 993. The molecule has 2 aliphatic heterocycles. The summed E-state index contributed by atoms with van der Waals surface area (Å²) in [4.78, 5) is 36.8. The van der Waals surface area contributed by atoms with Gasteiger partial charge in [-0.25, -0.2) is 9.97 Å². The zero-order valence-corrected chi connectivity index (χ0v) is 18.2. The molecular weight excluding hydrogens is 408 g/mol. The van der Waals surface area contributed by atoms with E-state index in [1.54, 1.807) is 18.5 Å². The normalized spacial score (nSPS) is 21.4. The number of aromatic nitrogens is 2. The second-order valence-corrected chi connectivity index (χ2v) is 8.45. The number of ether oxygens (including phenoxy) is 1. The van der Waals surface area contributed by atoms with E-state index in [0.29, 0.717) is 38.4 Å². The first-order valence-corrected chi connectivity index (χ1v) is 10.8. The van der Waals surface area contributed by atoms with Crippen molar-refractivity contribution in [2.45, 2.75) is 12.8 Å². The maximum Gasteiger partial charge on any atom is 0.313 e. The Kier molecular flexibility index (Phi) is 6.62. The molecule has 1 unspecified atom stereocenters. The number of carboxylic acids is 1. The molecule has 4 rings (SSSR count). The number of amides is 1. The molecule has 1 atom stereocenters. The van der Waals surface area contributed by atoms with E-state index >= 15 is 0 Å². The lowest BCUT2D eigenvalue weighted by molar-refractivity contribution is -0.151. The summed E-state index contributed by atoms with van der Waals surface area (Å²) in [6, 6.07) is 9.97. The first-order chi connectivity index (χ1) is 15.5. The van der Waals surface area contributed by atoms with Crippen LogP contribution >= 0.6 is 0 Å². The lowest BCUT2D eigenvalue weighted by Crippen LogP contribution is -2.43.